The van der Waals surface area contributed by atoms with Gasteiger partial charge in [-0.25, -0.2) is 4.98 Å². The fraction of sp³-hybridized carbons (Fsp3) is 0.0909. The zero-order chi connectivity index (χ0) is 11.5. The van der Waals surface area contributed by atoms with Crippen LogP contribution in [0.3, 0.4) is 0 Å². The lowest BCUT2D eigenvalue weighted by Gasteiger charge is -2.08. The maximum absolute atomic E-state index is 10.6. The van der Waals surface area contributed by atoms with Gasteiger partial charge in [-0.1, -0.05) is 12.1 Å². The number of imidazole rings is 1. The number of hydrogen-bond donors (Lipinski definition) is 2. The van der Waals surface area contributed by atoms with Crippen molar-refractivity contribution in [1.82, 2.24) is 9.55 Å². The second-order valence-corrected chi connectivity index (χ2v) is 3.31. The Bertz CT molecular complexity index is 519. The van der Waals surface area contributed by atoms with Crippen molar-refractivity contribution in [3.05, 3.63) is 42.5 Å². The Balaban J connectivity index is 2.45. The number of aliphatic carboxylic acids is 1. The zero-order valence-corrected chi connectivity index (χ0v) is 8.37. The minimum absolute atomic E-state index is 0.0899. The number of rotatable bonds is 3. The first-order valence-electron chi connectivity index (χ1n) is 4.70. The van der Waals surface area contributed by atoms with E-state index in [0.717, 1.165) is 0 Å². The molecule has 0 saturated heterocycles. The Morgan fingerprint density at radius 3 is 2.81 bits per heavy atom. The number of carbonyl (C=O) groups is 1. The summed E-state index contributed by atoms with van der Waals surface area (Å²) in [4.78, 5) is 14.5. The van der Waals surface area contributed by atoms with E-state index in [2.05, 4.69) is 4.98 Å². The van der Waals surface area contributed by atoms with Crippen molar-refractivity contribution >= 4 is 5.97 Å². The molecule has 0 aliphatic carbocycles. The van der Waals surface area contributed by atoms with Crippen molar-refractivity contribution in [1.29, 1.82) is 0 Å². The first-order chi connectivity index (χ1) is 7.68. The van der Waals surface area contributed by atoms with Crippen molar-refractivity contribution in [3.63, 3.8) is 0 Å². The predicted molar refractivity (Wildman–Crippen MR) is 56.6 cm³/mol. The van der Waals surface area contributed by atoms with E-state index in [4.69, 9.17) is 5.11 Å². The number of aromatic nitrogens is 2. The number of phenolic OH excluding ortho intramolecular Hbond substituents is 1. The topological polar surface area (TPSA) is 75.3 Å². The molecule has 0 unspecified atom stereocenters. The molecule has 0 saturated carbocycles. The van der Waals surface area contributed by atoms with E-state index in [9.17, 15) is 9.90 Å². The van der Waals surface area contributed by atoms with Gasteiger partial charge in [0.2, 0.25) is 0 Å². The number of aromatic hydroxyl groups is 1. The van der Waals surface area contributed by atoms with Crippen LogP contribution in [0, 0.1) is 0 Å². The zero-order valence-electron chi connectivity index (χ0n) is 8.37. The van der Waals surface area contributed by atoms with Gasteiger partial charge in [-0.3, -0.25) is 9.36 Å². The quantitative estimate of drug-likeness (QED) is 0.811. The molecular weight excluding hydrogens is 208 g/mol. The Morgan fingerprint density at radius 2 is 2.12 bits per heavy atom. The van der Waals surface area contributed by atoms with E-state index in [1.807, 2.05) is 0 Å². The highest BCUT2D eigenvalue weighted by Gasteiger charge is 2.10. The molecule has 1 aromatic heterocycles. The summed E-state index contributed by atoms with van der Waals surface area (Å²) in [6.07, 6.45) is 2.82. The molecule has 1 aromatic carbocycles. The van der Waals surface area contributed by atoms with Crippen molar-refractivity contribution in [3.8, 4) is 11.4 Å². The largest absolute Gasteiger partial charge is 0.506 e. The lowest BCUT2D eigenvalue weighted by molar-refractivity contribution is -0.136. The molecule has 2 rings (SSSR count). The number of hydrogen-bond acceptors (Lipinski definition) is 3. The number of carboxylic acids is 1. The summed E-state index contributed by atoms with van der Waals surface area (Å²) >= 11 is 0. The van der Waals surface area contributed by atoms with Gasteiger partial charge in [-0.2, -0.15) is 0 Å². The van der Waals surface area contributed by atoms with Gasteiger partial charge >= 0.3 is 5.97 Å². The SMILES string of the molecule is O=C(O)Cc1cncn1-c1ccccc1O. The second-order valence-electron chi connectivity index (χ2n) is 3.31. The van der Waals surface area contributed by atoms with Crippen LogP contribution in [-0.2, 0) is 11.2 Å². The lowest BCUT2D eigenvalue weighted by atomic mass is 10.2. The Kier molecular flexibility index (Phi) is 2.59. The van der Waals surface area contributed by atoms with Gasteiger partial charge in [0.15, 0.2) is 0 Å². The lowest BCUT2D eigenvalue weighted by Crippen LogP contribution is -2.06. The summed E-state index contributed by atoms with van der Waals surface area (Å²) in [7, 11) is 0. The summed E-state index contributed by atoms with van der Waals surface area (Å²) in [5.41, 5.74) is 1.05. The molecule has 0 aliphatic heterocycles. The van der Waals surface area contributed by atoms with Crippen LogP contribution in [0.15, 0.2) is 36.8 Å². The molecule has 0 aliphatic rings. The molecular formula is C11H10N2O3. The van der Waals surface area contributed by atoms with E-state index in [0.29, 0.717) is 11.4 Å². The van der Waals surface area contributed by atoms with Crippen LogP contribution in [0.5, 0.6) is 5.75 Å². The highest BCUT2D eigenvalue weighted by atomic mass is 16.4. The van der Waals surface area contributed by atoms with Crippen LogP contribution < -0.4 is 0 Å². The number of benzene rings is 1. The maximum Gasteiger partial charge on any atom is 0.309 e. The van der Waals surface area contributed by atoms with Gasteiger partial charge in [0.1, 0.15) is 5.75 Å². The first-order valence-corrected chi connectivity index (χ1v) is 4.70. The summed E-state index contributed by atoms with van der Waals surface area (Å²) in [5.74, 6) is -0.843. The third-order valence-corrected chi connectivity index (χ3v) is 2.19. The van der Waals surface area contributed by atoms with E-state index in [1.165, 1.54) is 12.5 Å². The number of nitrogens with zero attached hydrogens (tertiary/aromatic N) is 2. The standard InChI is InChI=1S/C11H10N2O3/c14-10-4-2-1-3-9(10)13-7-12-6-8(13)5-11(15)16/h1-4,6-7,14H,5H2,(H,15,16). The molecule has 0 fully saturated rings. The smallest absolute Gasteiger partial charge is 0.309 e. The van der Waals surface area contributed by atoms with Gasteiger partial charge in [0.05, 0.1) is 24.1 Å². The molecule has 0 spiro atoms. The predicted octanol–water partition coefficient (Wildman–Crippen LogP) is 1.21. The van der Waals surface area contributed by atoms with E-state index in [1.54, 1.807) is 28.8 Å². The average molecular weight is 218 g/mol. The van der Waals surface area contributed by atoms with Crippen LogP contribution in [0.4, 0.5) is 0 Å². The Labute approximate surface area is 91.6 Å². The van der Waals surface area contributed by atoms with Crippen LogP contribution in [0.2, 0.25) is 0 Å². The molecule has 2 aromatic rings. The number of carboxylic acid groups (broad SMARTS) is 1. The fourth-order valence-electron chi connectivity index (χ4n) is 1.49. The van der Waals surface area contributed by atoms with E-state index in [-0.39, 0.29) is 12.2 Å². The highest BCUT2D eigenvalue weighted by molar-refractivity contribution is 5.70. The molecule has 0 atom stereocenters. The summed E-state index contributed by atoms with van der Waals surface area (Å²) in [6, 6.07) is 6.70. The van der Waals surface area contributed by atoms with Crippen molar-refractivity contribution < 1.29 is 15.0 Å². The van der Waals surface area contributed by atoms with Gasteiger partial charge in [-0.05, 0) is 12.1 Å². The van der Waals surface area contributed by atoms with Gasteiger partial charge < -0.3 is 10.2 Å². The molecule has 0 bridgehead atoms. The third-order valence-electron chi connectivity index (χ3n) is 2.19. The third kappa shape index (κ3) is 1.88. The molecule has 0 amide bonds. The first kappa shape index (κ1) is 10.2. The Hall–Kier alpha value is -2.30. The molecule has 1 heterocycles. The van der Waals surface area contributed by atoms with Gasteiger partial charge in [-0.15, -0.1) is 0 Å². The van der Waals surface area contributed by atoms with Crippen molar-refractivity contribution in [2.75, 3.05) is 0 Å². The van der Waals surface area contributed by atoms with Crippen LogP contribution in [0.1, 0.15) is 5.69 Å². The summed E-state index contributed by atoms with van der Waals surface area (Å²) in [5, 5.41) is 18.4. The summed E-state index contributed by atoms with van der Waals surface area (Å²) < 4.78 is 1.56. The Morgan fingerprint density at radius 1 is 1.38 bits per heavy atom. The molecule has 5 heteroatoms. The van der Waals surface area contributed by atoms with Gasteiger partial charge in [0, 0.05) is 6.20 Å². The molecule has 2 N–H and O–H groups in total. The molecule has 5 nitrogen and oxygen atoms in total. The van der Waals surface area contributed by atoms with E-state index < -0.39 is 5.97 Å². The van der Waals surface area contributed by atoms with Crippen LogP contribution in [-0.4, -0.2) is 25.7 Å². The second kappa shape index (κ2) is 4.06. The van der Waals surface area contributed by atoms with Crippen molar-refractivity contribution in [2.45, 2.75) is 6.42 Å². The highest BCUT2D eigenvalue weighted by Crippen LogP contribution is 2.22. The van der Waals surface area contributed by atoms with Crippen LogP contribution >= 0.6 is 0 Å². The monoisotopic (exact) mass is 218 g/mol. The number of phenols is 1. The molecule has 0 radical (unpaired) electrons. The minimum atomic E-state index is -0.933. The average Bonchev–Trinajstić information content (AvgIpc) is 2.66. The van der Waals surface area contributed by atoms with Crippen LogP contribution in [0.25, 0.3) is 5.69 Å². The molecule has 82 valence electrons. The fourth-order valence-corrected chi connectivity index (χ4v) is 1.49. The minimum Gasteiger partial charge on any atom is -0.506 e. The number of para-hydroxylation sites is 2. The maximum atomic E-state index is 10.6. The molecule has 16 heavy (non-hydrogen) atoms. The summed E-state index contributed by atoms with van der Waals surface area (Å²) in [6.45, 7) is 0. The van der Waals surface area contributed by atoms with Crippen molar-refractivity contribution in [2.24, 2.45) is 0 Å². The van der Waals surface area contributed by atoms with E-state index >= 15 is 0 Å². The van der Waals surface area contributed by atoms with Gasteiger partial charge in [0.25, 0.3) is 0 Å². The normalized spacial score (nSPS) is 10.2.